The normalized spacial score (nSPS) is 13.4. The van der Waals surface area contributed by atoms with Crippen molar-refractivity contribution in [3.05, 3.63) is 59.8 Å². The van der Waals surface area contributed by atoms with Crippen molar-refractivity contribution in [1.82, 2.24) is 19.8 Å². The molecule has 0 spiro atoms. The Morgan fingerprint density at radius 3 is 2.18 bits per heavy atom. The Morgan fingerprint density at radius 2 is 1.56 bits per heavy atom. The molecule has 0 bridgehead atoms. The number of nitrogens with zero attached hydrogens (tertiary/aromatic N) is 4. The average molecular weight is 483 g/mol. The zero-order valence-electron chi connectivity index (χ0n) is 19.0. The minimum atomic E-state index is -0.399. The van der Waals surface area contributed by atoms with E-state index in [0.717, 1.165) is 34.3 Å². The molecule has 0 saturated carbocycles. The molecule has 1 aliphatic rings. The maximum Gasteiger partial charge on any atom is 0.322 e. The lowest BCUT2D eigenvalue weighted by Gasteiger charge is -2.36. The van der Waals surface area contributed by atoms with Gasteiger partial charge in [0, 0.05) is 49.9 Å². The van der Waals surface area contributed by atoms with Gasteiger partial charge < -0.3 is 24.6 Å². The Balaban J connectivity index is 1.29. The second-order valence-corrected chi connectivity index (χ2v) is 8.34. The fourth-order valence-corrected chi connectivity index (χ4v) is 4.12. The van der Waals surface area contributed by atoms with Gasteiger partial charge in [0.25, 0.3) is 5.91 Å². The Labute approximate surface area is 201 Å². The molecule has 178 valence electrons. The Kier molecular flexibility index (Phi) is 7.43. The summed E-state index contributed by atoms with van der Waals surface area (Å²) in [5, 5.41) is 9.83. The summed E-state index contributed by atoms with van der Waals surface area (Å²) < 4.78 is 14.2. The molecule has 11 heteroatoms. The molecule has 34 heavy (non-hydrogen) atoms. The largest absolute Gasteiger partial charge is 0.497 e. The van der Waals surface area contributed by atoms with Crippen LogP contribution in [0.15, 0.2) is 48.5 Å². The molecule has 2 heterocycles. The number of carbonyl (C=O) groups is 2. The van der Waals surface area contributed by atoms with Gasteiger partial charge in [-0.1, -0.05) is 16.6 Å². The van der Waals surface area contributed by atoms with Crippen molar-refractivity contribution in [2.75, 3.05) is 50.6 Å². The lowest BCUT2D eigenvalue weighted by molar-refractivity contribution is 0.0946. The third-order valence-electron chi connectivity index (χ3n) is 5.54. The van der Waals surface area contributed by atoms with Crippen molar-refractivity contribution in [2.45, 2.75) is 6.54 Å². The van der Waals surface area contributed by atoms with E-state index in [2.05, 4.69) is 25.1 Å². The second-order valence-electron chi connectivity index (χ2n) is 7.58. The first-order valence-electron chi connectivity index (χ1n) is 10.8. The maximum absolute atomic E-state index is 12.8. The molecular formula is C23H26N6O4S. The van der Waals surface area contributed by atoms with Crippen LogP contribution >= 0.6 is 11.5 Å². The number of aromatic nitrogens is 2. The fraction of sp³-hybridized carbons (Fsp3) is 0.304. The highest BCUT2D eigenvalue weighted by molar-refractivity contribution is 7.10. The van der Waals surface area contributed by atoms with E-state index in [0.29, 0.717) is 37.7 Å². The van der Waals surface area contributed by atoms with Gasteiger partial charge in [0.2, 0.25) is 0 Å². The molecule has 0 atom stereocenters. The summed E-state index contributed by atoms with van der Waals surface area (Å²) in [6.07, 6.45) is 0. The van der Waals surface area contributed by atoms with E-state index >= 15 is 0 Å². The minimum absolute atomic E-state index is 0.101. The second kappa shape index (κ2) is 10.8. The van der Waals surface area contributed by atoms with Crippen molar-refractivity contribution in [2.24, 2.45) is 0 Å². The van der Waals surface area contributed by atoms with Crippen molar-refractivity contribution < 1.29 is 19.1 Å². The number of carbonyl (C=O) groups excluding carboxylic acids is 2. The van der Waals surface area contributed by atoms with Crippen LogP contribution in [0.2, 0.25) is 0 Å². The molecule has 2 N–H and O–H groups in total. The molecule has 1 saturated heterocycles. The van der Waals surface area contributed by atoms with Crippen molar-refractivity contribution in [3.63, 3.8) is 0 Å². The highest BCUT2D eigenvalue weighted by atomic mass is 32.1. The van der Waals surface area contributed by atoms with Gasteiger partial charge in [-0.25, -0.2) is 4.79 Å². The lowest BCUT2D eigenvalue weighted by Crippen LogP contribution is -2.50. The number of methoxy groups -OCH3 is 2. The van der Waals surface area contributed by atoms with Gasteiger partial charge in [-0.05, 0) is 42.0 Å². The molecule has 1 aromatic heterocycles. The first-order valence-corrected chi connectivity index (χ1v) is 11.5. The molecule has 10 nitrogen and oxygen atoms in total. The number of amides is 3. The SMILES string of the molecule is COc1ccc(CNC(=O)c2nnsc2NC(=O)N2CCN(c3ccc(OC)cc3)CC2)cc1. The first-order chi connectivity index (χ1) is 16.6. The van der Waals surface area contributed by atoms with Gasteiger partial charge in [-0.2, -0.15) is 0 Å². The number of anilines is 2. The van der Waals surface area contributed by atoms with E-state index in [1.54, 1.807) is 19.1 Å². The van der Waals surface area contributed by atoms with E-state index in [9.17, 15) is 9.59 Å². The van der Waals surface area contributed by atoms with E-state index in [1.165, 1.54) is 0 Å². The summed E-state index contributed by atoms with van der Waals surface area (Å²) in [7, 11) is 3.24. The molecule has 0 radical (unpaired) electrons. The number of hydrogen-bond donors (Lipinski definition) is 2. The highest BCUT2D eigenvalue weighted by Gasteiger charge is 2.24. The third-order valence-corrected chi connectivity index (χ3v) is 6.18. The van der Waals surface area contributed by atoms with Crippen LogP contribution in [-0.2, 0) is 6.54 Å². The summed E-state index contributed by atoms with van der Waals surface area (Å²) in [4.78, 5) is 29.3. The van der Waals surface area contributed by atoms with Gasteiger partial charge in [-0.15, -0.1) is 5.10 Å². The van der Waals surface area contributed by atoms with E-state index in [1.807, 2.05) is 48.5 Å². The standard InChI is InChI=1S/C23H26N6O4S/c1-32-18-7-3-16(4-8-18)15-24-21(30)20-22(34-27-26-20)25-23(31)29-13-11-28(12-14-29)17-5-9-19(33-2)10-6-17/h3-10H,11-15H2,1-2H3,(H,24,30)(H,25,31). The number of hydrogen-bond acceptors (Lipinski definition) is 8. The number of piperazine rings is 1. The van der Waals surface area contributed by atoms with E-state index < -0.39 is 5.91 Å². The number of rotatable bonds is 7. The highest BCUT2D eigenvalue weighted by Crippen LogP contribution is 2.22. The topological polar surface area (TPSA) is 109 Å². The molecule has 3 amide bonds. The molecular weight excluding hydrogens is 456 g/mol. The summed E-state index contributed by atoms with van der Waals surface area (Å²) in [5.74, 6) is 1.15. The van der Waals surface area contributed by atoms with Crippen LogP contribution in [0.25, 0.3) is 0 Å². The van der Waals surface area contributed by atoms with Gasteiger partial charge in [-0.3, -0.25) is 10.1 Å². The van der Waals surface area contributed by atoms with Crippen LogP contribution in [-0.4, -0.2) is 66.8 Å². The quantitative estimate of drug-likeness (QED) is 0.533. The summed E-state index contributed by atoms with van der Waals surface area (Å²) >= 11 is 0.978. The van der Waals surface area contributed by atoms with Crippen LogP contribution in [0.5, 0.6) is 11.5 Å². The van der Waals surface area contributed by atoms with Crippen molar-refractivity contribution in [1.29, 1.82) is 0 Å². The van der Waals surface area contributed by atoms with Gasteiger partial charge >= 0.3 is 6.03 Å². The summed E-state index contributed by atoms with van der Waals surface area (Å²) in [6.45, 7) is 2.85. The number of nitrogens with one attached hydrogen (secondary N) is 2. The molecule has 3 aromatic rings. The average Bonchev–Trinajstić information content (AvgIpc) is 3.36. The van der Waals surface area contributed by atoms with Crippen LogP contribution in [0.3, 0.4) is 0 Å². The van der Waals surface area contributed by atoms with E-state index in [-0.39, 0.29) is 11.7 Å². The summed E-state index contributed by atoms with van der Waals surface area (Å²) in [5.41, 5.74) is 2.10. The molecule has 1 aliphatic heterocycles. The first kappa shape index (κ1) is 23.3. The van der Waals surface area contributed by atoms with Crippen molar-refractivity contribution in [3.8, 4) is 11.5 Å². The zero-order chi connectivity index (χ0) is 23.9. The number of urea groups is 1. The molecule has 2 aromatic carbocycles. The maximum atomic E-state index is 12.8. The molecule has 0 aliphatic carbocycles. The van der Waals surface area contributed by atoms with Crippen molar-refractivity contribution >= 4 is 34.2 Å². The smallest absolute Gasteiger partial charge is 0.322 e. The van der Waals surface area contributed by atoms with Crippen LogP contribution in [0.4, 0.5) is 15.5 Å². The molecule has 4 rings (SSSR count). The lowest BCUT2D eigenvalue weighted by atomic mass is 10.2. The Bertz CT molecular complexity index is 1110. The van der Waals surface area contributed by atoms with Crippen LogP contribution in [0.1, 0.15) is 16.1 Å². The van der Waals surface area contributed by atoms with Gasteiger partial charge in [0.05, 0.1) is 14.2 Å². The molecule has 0 unspecified atom stereocenters. The Hall–Kier alpha value is -3.86. The van der Waals surface area contributed by atoms with Crippen LogP contribution < -0.4 is 25.0 Å². The van der Waals surface area contributed by atoms with E-state index in [4.69, 9.17) is 9.47 Å². The predicted molar refractivity (Wildman–Crippen MR) is 130 cm³/mol. The third kappa shape index (κ3) is 5.54. The predicted octanol–water partition coefficient (Wildman–Crippen LogP) is 2.84. The Morgan fingerprint density at radius 1 is 0.941 bits per heavy atom. The van der Waals surface area contributed by atoms with Crippen LogP contribution in [0, 0.1) is 0 Å². The van der Waals surface area contributed by atoms with Gasteiger partial charge in [0.15, 0.2) is 10.7 Å². The minimum Gasteiger partial charge on any atom is -0.497 e. The fourth-order valence-electron chi connectivity index (χ4n) is 3.57. The summed E-state index contributed by atoms with van der Waals surface area (Å²) in [6, 6.07) is 15.0. The number of ether oxygens (including phenoxy) is 2. The molecule has 1 fully saturated rings. The number of benzene rings is 2. The monoisotopic (exact) mass is 482 g/mol. The zero-order valence-corrected chi connectivity index (χ0v) is 19.8. The van der Waals surface area contributed by atoms with Gasteiger partial charge in [0.1, 0.15) is 11.5 Å².